The van der Waals surface area contributed by atoms with E-state index in [1.165, 1.54) is 18.2 Å². The number of hydrogen-bond donors (Lipinski definition) is 2. The van der Waals surface area contributed by atoms with Gasteiger partial charge in [-0.2, -0.15) is 0 Å². The fourth-order valence-electron chi connectivity index (χ4n) is 1.67. The summed E-state index contributed by atoms with van der Waals surface area (Å²) in [6.07, 6.45) is 1.48. The van der Waals surface area contributed by atoms with E-state index in [2.05, 4.69) is 5.32 Å². The summed E-state index contributed by atoms with van der Waals surface area (Å²) >= 11 is 0. The van der Waals surface area contributed by atoms with Crippen molar-refractivity contribution in [1.82, 2.24) is 4.90 Å². The van der Waals surface area contributed by atoms with Crippen LogP contribution in [0.2, 0.25) is 0 Å². The molecule has 6 nitrogen and oxygen atoms in total. The summed E-state index contributed by atoms with van der Waals surface area (Å²) in [7, 11) is 1.51. The van der Waals surface area contributed by atoms with E-state index in [9.17, 15) is 14.0 Å². The number of hydrogen-bond acceptors (Lipinski definition) is 3. The topological polar surface area (TPSA) is 82.8 Å². The maximum atomic E-state index is 13.6. The summed E-state index contributed by atoms with van der Waals surface area (Å²) in [4.78, 5) is 24.1. The van der Waals surface area contributed by atoms with Gasteiger partial charge >= 0.3 is 12.0 Å². The number of furan rings is 1. The maximum absolute atomic E-state index is 13.6. The zero-order chi connectivity index (χ0) is 15.4. The summed E-state index contributed by atoms with van der Waals surface area (Å²) in [5, 5.41) is 11.2. The number of urea groups is 1. The predicted molar refractivity (Wildman–Crippen MR) is 72.6 cm³/mol. The van der Waals surface area contributed by atoms with Crippen molar-refractivity contribution in [2.24, 2.45) is 0 Å². The molecule has 1 aromatic carbocycles. The molecule has 0 radical (unpaired) electrons. The third-order valence-electron chi connectivity index (χ3n) is 2.77. The van der Waals surface area contributed by atoms with Crippen molar-refractivity contribution < 1.29 is 23.5 Å². The second-order valence-corrected chi connectivity index (χ2v) is 4.37. The van der Waals surface area contributed by atoms with Crippen LogP contribution in [0.15, 0.2) is 41.0 Å². The van der Waals surface area contributed by atoms with Crippen LogP contribution in [-0.2, 0) is 6.54 Å². The molecular formula is C14H13FN2O4. The number of rotatable bonds is 4. The lowest BCUT2D eigenvalue weighted by Crippen LogP contribution is -2.31. The Morgan fingerprint density at radius 1 is 1.38 bits per heavy atom. The number of amides is 2. The summed E-state index contributed by atoms with van der Waals surface area (Å²) in [6, 6.07) is 6.00. The zero-order valence-corrected chi connectivity index (χ0v) is 11.2. The first-order valence-electron chi connectivity index (χ1n) is 6.04. The molecule has 0 atom stereocenters. The van der Waals surface area contributed by atoms with Crippen molar-refractivity contribution in [1.29, 1.82) is 0 Å². The van der Waals surface area contributed by atoms with Crippen LogP contribution >= 0.6 is 0 Å². The molecule has 21 heavy (non-hydrogen) atoms. The minimum Gasteiger partial charge on any atom is -0.478 e. The molecule has 1 aromatic heterocycles. The van der Waals surface area contributed by atoms with Crippen molar-refractivity contribution in [2.75, 3.05) is 12.4 Å². The number of carbonyl (C=O) groups is 2. The molecule has 0 unspecified atom stereocenters. The molecule has 2 rings (SSSR count). The molecule has 0 saturated heterocycles. The molecule has 2 N–H and O–H groups in total. The van der Waals surface area contributed by atoms with Gasteiger partial charge in [0.2, 0.25) is 0 Å². The highest BCUT2D eigenvalue weighted by Gasteiger charge is 2.14. The summed E-state index contributed by atoms with van der Waals surface area (Å²) in [5.41, 5.74) is -0.299. The summed E-state index contributed by atoms with van der Waals surface area (Å²) in [6.45, 7) is 0.207. The number of carboxylic acid groups (broad SMARTS) is 1. The Labute approximate surface area is 119 Å². The van der Waals surface area contributed by atoms with E-state index in [0.29, 0.717) is 5.76 Å². The molecule has 2 aromatic rings. The van der Waals surface area contributed by atoms with E-state index in [0.717, 1.165) is 18.2 Å². The van der Waals surface area contributed by atoms with E-state index >= 15 is 0 Å². The van der Waals surface area contributed by atoms with Gasteiger partial charge in [-0.3, -0.25) is 0 Å². The maximum Gasteiger partial charge on any atom is 0.335 e. The second-order valence-electron chi connectivity index (χ2n) is 4.37. The molecule has 7 heteroatoms. The minimum absolute atomic E-state index is 0.111. The molecule has 0 aliphatic rings. The molecule has 110 valence electrons. The first-order valence-corrected chi connectivity index (χ1v) is 6.04. The number of aromatic carboxylic acids is 1. The Morgan fingerprint density at radius 2 is 2.14 bits per heavy atom. The Bertz CT molecular complexity index is 655. The highest BCUT2D eigenvalue weighted by atomic mass is 19.1. The first kappa shape index (κ1) is 14.6. The largest absolute Gasteiger partial charge is 0.478 e. The quantitative estimate of drug-likeness (QED) is 0.907. The molecule has 1 heterocycles. The molecule has 0 spiro atoms. The number of carboxylic acids is 1. The van der Waals surface area contributed by atoms with Crippen LogP contribution in [0, 0.1) is 5.82 Å². The van der Waals surface area contributed by atoms with Crippen LogP contribution in [0.25, 0.3) is 0 Å². The highest BCUT2D eigenvalue weighted by Crippen LogP contribution is 2.17. The number of nitrogens with one attached hydrogen (secondary N) is 1. The number of halogens is 1. The van der Waals surface area contributed by atoms with E-state index in [4.69, 9.17) is 9.52 Å². The fourth-order valence-corrected chi connectivity index (χ4v) is 1.67. The minimum atomic E-state index is -1.20. The smallest absolute Gasteiger partial charge is 0.335 e. The van der Waals surface area contributed by atoms with Crippen molar-refractivity contribution in [3.8, 4) is 0 Å². The van der Waals surface area contributed by atoms with Crippen molar-refractivity contribution in [3.05, 3.63) is 53.7 Å². The summed E-state index contributed by atoms with van der Waals surface area (Å²) < 4.78 is 18.7. The fraction of sp³-hybridized carbons (Fsp3) is 0.143. The van der Waals surface area contributed by atoms with E-state index in [1.807, 2.05) is 0 Å². The van der Waals surface area contributed by atoms with Crippen molar-refractivity contribution in [3.63, 3.8) is 0 Å². The van der Waals surface area contributed by atoms with Gasteiger partial charge in [0.05, 0.1) is 24.1 Å². The number of carbonyl (C=O) groups excluding carboxylic acids is 1. The first-order chi connectivity index (χ1) is 9.97. The van der Waals surface area contributed by atoms with E-state index in [1.54, 1.807) is 12.1 Å². The third kappa shape index (κ3) is 3.59. The summed E-state index contributed by atoms with van der Waals surface area (Å²) in [5.74, 6) is -1.33. The average molecular weight is 292 g/mol. The van der Waals surface area contributed by atoms with Crippen LogP contribution in [0.1, 0.15) is 16.1 Å². The number of nitrogens with zero attached hydrogens (tertiary/aromatic N) is 1. The normalized spacial score (nSPS) is 10.2. The van der Waals surface area contributed by atoms with Crippen LogP contribution in [0.4, 0.5) is 14.9 Å². The predicted octanol–water partition coefficient (Wildman–Crippen LogP) is 2.78. The monoisotopic (exact) mass is 292 g/mol. The van der Waals surface area contributed by atoms with Gasteiger partial charge in [0.15, 0.2) is 0 Å². The lowest BCUT2D eigenvalue weighted by molar-refractivity contribution is 0.0697. The van der Waals surface area contributed by atoms with Crippen molar-refractivity contribution >= 4 is 17.7 Å². The number of benzene rings is 1. The molecular weight excluding hydrogens is 279 g/mol. The average Bonchev–Trinajstić information content (AvgIpc) is 2.93. The Kier molecular flexibility index (Phi) is 4.22. The van der Waals surface area contributed by atoms with E-state index in [-0.39, 0.29) is 17.8 Å². The van der Waals surface area contributed by atoms with Gasteiger partial charge in [-0.15, -0.1) is 0 Å². The Hall–Kier alpha value is -2.83. The molecule has 0 bridgehead atoms. The van der Waals surface area contributed by atoms with Crippen LogP contribution in [0.3, 0.4) is 0 Å². The molecule has 2 amide bonds. The van der Waals surface area contributed by atoms with Gasteiger partial charge in [0.25, 0.3) is 0 Å². The Morgan fingerprint density at radius 3 is 2.76 bits per heavy atom. The second kappa shape index (κ2) is 6.08. The Balaban J connectivity index is 2.08. The zero-order valence-electron chi connectivity index (χ0n) is 11.2. The van der Waals surface area contributed by atoms with Crippen LogP contribution in [-0.4, -0.2) is 29.1 Å². The standard InChI is InChI=1S/C14H13FN2O4/c1-17(8-10-3-2-6-21-10)14(20)16-12-7-9(13(18)19)4-5-11(12)15/h2-7H,8H2,1H3,(H,16,20)(H,18,19). The molecule has 0 fully saturated rings. The third-order valence-corrected chi connectivity index (χ3v) is 2.77. The van der Waals surface area contributed by atoms with Crippen molar-refractivity contribution in [2.45, 2.75) is 6.54 Å². The molecule has 0 saturated carbocycles. The van der Waals surface area contributed by atoms with Crippen LogP contribution in [0.5, 0.6) is 0 Å². The SMILES string of the molecule is CN(Cc1ccco1)C(=O)Nc1cc(C(=O)O)ccc1F. The van der Waals surface area contributed by atoms with Gasteiger partial charge in [-0.25, -0.2) is 14.0 Å². The lowest BCUT2D eigenvalue weighted by Gasteiger charge is -2.17. The highest BCUT2D eigenvalue weighted by molar-refractivity contribution is 5.93. The van der Waals surface area contributed by atoms with Gasteiger partial charge in [0, 0.05) is 7.05 Å². The van der Waals surface area contributed by atoms with Gasteiger partial charge in [-0.05, 0) is 30.3 Å². The van der Waals surface area contributed by atoms with E-state index < -0.39 is 17.8 Å². The van der Waals surface area contributed by atoms with Crippen LogP contribution < -0.4 is 5.32 Å². The molecule has 0 aliphatic carbocycles. The number of anilines is 1. The van der Waals surface area contributed by atoms with Gasteiger partial charge in [0.1, 0.15) is 11.6 Å². The lowest BCUT2D eigenvalue weighted by atomic mass is 10.2. The van der Waals surface area contributed by atoms with Gasteiger partial charge < -0.3 is 19.7 Å². The van der Waals surface area contributed by atoms with Gasteiger partial charge in [-0.1, -0.05) is 0 Å². The molecule has 0 aliphatic heterocycles.